The summed E-state index contributed by atoms with van der Waals surface area (Å²) >= 11 is 6.57. The third-order valence-corrected chi connectivity index (χ3v) is 9.42. The lowest BCUT2D eigenvalue weighted by Crippen LogP contribution is -2.53. The van der Waals surface area contributed by atoms with Gasteiger partial charge in [0, 0.05) is 55.0 Å². The molecule has 3 atom stereocenters. The van der Waals surface area contributed by atoms with Gasteiger partial charge in [-0.25, -0.2) is 8.78 Å². The number of hydrogen-bond donors (Lipinski definition) is 1. The average Bonchev–Trinajstić information content (AvgIpc) is 2.92. The molecule has 0 unspecified atom stereocenters. The Morgan fingerprint density at radius 2 is 1.73 bits per heavy atom. The van der Waals surface area contributed by atoms with E-state index in [1.807, 2.05) is 17.9 Å². The van der Waals surface area contributed by atoms with Gasteiger partial charge >= 0.3 is 0 Å². The van der Waals surface area contributed by atoms with Crippen molar-refractivity contribution in [2.45, 2.75) is 90.6 Å². The Balaban J connectivity index is 1.54. The number of piperidine rings is 2. The van der Waals surface area contributed by atoms with Crippen molar-refractivity contribution in [1.82, 2.24) is 15.1 Å². The highest BCUT2D eigenvalue weighted by molar-refractivity contribution is 6.31. The highest BCUT2D eigenvalue weighted by atomic mass is 35.5. The molecule has 2 aromatic carbocycles. The molecule has 8 heteroatoms. The normalized spacial score (nSPS) is 21.5. The van der Waals surface area contributed by atoms with Gasteiger partial charge in [-0.3, -0.25) is 14.5 Å². The van der Waals surface area contributed by atoms with Gasteiger partial charge in [0.1, 0.15) is 11.6 Å². The maximum atomic E-state index is 15.0. The van der Waals surface area contributed by atoms with Crippen molar-refractivity contribution in [2.75, 3.05) is 26.2 Å². The van der Waals surface area contributed by atoms with Crippen molar-refractivity contribution in [1.29, 1.82) is 0 Å². The average molecular weight is 588 g/mol. The molecule has 0 aliphatic carbocycles. The van der Waals surface area contributed by atoms with Crippen LogP contribution in [0.3, 0.4) is 0 Å². The molecule has 4 rings (SSSR count). The molecule has 0 saturated carbocycles. The quantitative estimate of drug-likeness (QED) is 0.391. The van der Waals surface area contributed by atoms with E-state index in [-0.39, 0.29) is 41.1 Å². The smallest absolute Gasteiger partial charge is 0.226 e. The highest BCUT2D eigenvalue weighted by Crippen LogP contribution is 2.40. The van der Waals surface area contributed by atoms with Crippen LogP contribution in [0.2, 0.25) is 5.02 Å². The number of aryl methyl sites for hydroxylation is 1. The number of carbonyl (C=O) groups excluding carboxylic acids is 2. The van der Waals surface area contributed by atoms with Crippen LogP contribution >= 0.6 is 11.6 Å². The fourth-order valence-electron chi connectivity index (χ4n) is 6.64. The molecule has 2 amide bonds. The number of nitrogens with one attached hydrogen (secondary N) is 1. The van der Waals surface area contributed by atoms with Gasteiger partial charge in [-0.1, -0.05) is 30.7 Å². The summed E-state index contributed by atoms with van der Waals surface area (Å²) in [5.74, 6) is -1.71. The highest BCUT2D eigenvalue weighted by Gasteiger charge is 2.41. The van der Waals surface area contributed by atoms with E-state index >= 15 is 4.39 Å². The number of likely N-dealkylation sites (tertiary alicyclic amines) is 2. The summed E-state index contributed by atoms with van der Waals surface area (Å²) in [4.78, 5) is 30.1. The molecule has 0 spiro atoms. The van der Waals surface area contributed by atoms with Crippen molar-refractivity contribution >= 4 is 23.4 Å². The third kappa shape index (κ3) is 7.11. The maximum Gasteiger partial charge on any atom is 0.226 e. The summed E-state index contributed by atoms with van der Waals surface area (Å²) in [7, 11) is 0. The summed E-state index contributed by atoms with van der Waals surface area (Å²) in [6, 6.07) is 7.75. The van der Waals surface area contributed by atoms with E-state index in [0.717, 1.165) is 48.6 Å². The molecule has 2 saturated heterocycles. The van der Waals surface area contributed by atoms with E-state index in [4.69, 9.17) is 11.6 Å². The van der Waals surface area contributed by atoms with Crippen molar-refractivity contribution in [3.05, 3.63) is 69.2 Å². The minimum Gasteiger partial charge on any atom is -0.350 e. The predicted octanol–water partition coefficient (Wildman–Crippen LogP) is 7.12. The zero-order valence-corrected chi connectivity index (χ0v) is 26.0. The Bertz CT molecular complexity index is 1270. The summed E-state index contributed by atoms with van der Waals surface area (Å²) in [6.07, 6.45) is 2.96. The molecule has 0 aromatic heterocycles. The number of carbonyl (C=O) groups is 2. The van der Waals surface area contributed by atoms with Crippen LogP contribution in [-0.4, -0.2) is 53.3 Å². The number of halogens is 3. The SMILES string of the molecule is CC[C@H](NC(C)=O)c1cc(C)c(Cl)cc1C1CCN(C(=O)[C@@H]2CCN(C(C)(C)C)C[C@H]2c2ccc(F)cc2F)CC1. The standard InChI is InChI=1S/C33H44ClF2N3O2/c1-7-31(37-21(3)40)27-16-20(2)29(34)18-26(27)22-10-13-38(14-11-22)32(41)25-12-15-39(33(4,5)6)19-28(25)24-9-8-23(35)17-30(24)36/h8-9,16-18,22,25,28,31H,7,10-15,19H2,1-6H3,(H,37,40)/t25-,28+,31+/m1/s1. The van der Waals surface area contributed by atoms with Crippen molar-refractivity contribution in [3.8, 4) is 0 Å². The first kappa shape index (κ1) is 31.4. The second-order valence-electron chi connectivity index (χ2n) is 12.8. The Morgan fingerprint density at radius 3 is 2.32 bits per heavy atom. The van der Waals surface area contributed by atoms with Crippen LogP contribution in [0.1, 0.15) is 100 Å². The molecule has 2 aliphatic rings. The molecule has 5 nitrogen and oxygen atoms in total. The third-order valence-electron chi connectivity index (χ3n) is 9.01. The largest absolute Gasteiger partial charge is 0.350 e. The molecule has 0 radical (unpaired) electrons. The van der Waals surface area contributed by atoms with Crippen molar-refractivity contribution in [2.24, 2.45) is 5.92 Å². The molecule has 0 bridgehead atoms. The fraction of sp³-hybridized carbons (Fsp3) is 0.576. The van der Waals surface area contributed by atoms with Crippen LogP contribution in [0.15, 0.2) is 30.3 Å². The number of benzene rings is 2. The first-order valence-corrected chi connectivity index (χ1v) is 15.2. The summed E-state index contributed by atoms with van der Waals surface area (Å²) in [6.45, 7) is 14.4. The van der Waals surface area contributed by atoms with Gasteiger partial charge in [0.15, 0.2) is 0 Å². The van der Waals surface area contributed by atoms with Crippen LogP contribution in [0.4, 0.5) is 8.78 Å². The molecule has 2 aromatic rings. The summed E-state index contributed by atoms with van der Waals surface area (Å²) in [5.41, 5.74) is 3.49. The molecule has 2 fully saturated rings. The second kappa shape index (κ2) is 12.8. The lowest BCUT2D eigenvalue weighted by molar-refractivity contribution is -0.139. The van der Waals surface area contributed by atoms with E-state index < -0.39 is 11.6 Å². The van der Waals surface area contributed by atoms with Crippen LogP contribution in [0.5, 0.6) is 0 Å². The Hall–Kier alpha value is -2.51. The summed E-state index contributed by atoms with van der Waals surface area (Å²) in [5, 5.41) is 3.78. The molecule has 1 N–H and O–H groups in total. The second-order valence-corrected chi connectivity index (χ2v) is 13.2. The Labute approximate surface area is 248 Å². The van der Waals surface area contributed by atoms with E-state index in [9.17, 15) is 14.0 Å². The van der Waals surface area contributed by atoms with E-state index in [1.54, 1.807) is 0 Å². The lowest BCUT2D eigenvalue weighted by atomic mass is 9.77. The Morgan fingerprint density at radius 1 is 1.05 bits per heavy atom. The predicted molar refractivity (Wildman–Crippen MR) is 160 cm³/mol. The minimum atomic E-state index is -0.612. The Kier molecular flexibility index (Phi) is 9.80. The number of rotatable bonds is 6. The number of amides is 2. The van der Waals surface area contributed by atoms with Gasteiger partial charge < -0.3 is 10.2 Å². The minimum absolute atomic E-state index is 0.0533. The maximum absolute atomic E-state index is 15.0. The van der Waals surface area contributed by atoms with Crippen LogP contribution in [0, 0.1) is 24.5 Å². The number of nitrogens with zero attached hydrogens (tertiary/aromatic N) is 2. The zero-order chi connectivity index (χ0) is 30.1. The molecule has 224 valence electrons. The van der Waals surface area contributed by atoms with Gasteiger partial charge in [-0.05, 0) is 100 Å². The van der Waals surface area contributed by atoms with E-state index in [1.165, 1.54) is 19.1 Å². The van der Waals surface area contributed by atoms with Crippen molar-refractivity contribution in [3.63, 3.8) is 0 Å². The van der Waals surface area contributed by atoms with E-state index in [2.05, 4.69) is 44.0 Å². The van der Waals surface area contributed by atoms with Crippen molar-refractivity contribution < 1.29 is 18.4 Å². The molecule has 2 heterocycles. The zero-order valence-electron chi connectivity index (χ0n) is 25.2. The summed E-state index contributed by atoms with van der Waals surface area (Å²) < 4.78 is 28.8. The van der Waals surface area contributed by atoms with E-state index in [0.29, 0.717) is 36.6 Å². The molecule has 2 aliphatic heterocycles. The topological polar surface area (TPSA) is 52.7 Å². The number of hydrogen-bond acceptors (Lipinski definition) is 3. The van der Waals surface area contributed by atoms with Gasteiger partial charge in [0.05, 0.1) is 6.04 Å². The molecule has 41 heavy (non-hydrogen) atoms. The molecular weight excluding hydrogens is 544 g/mol. The first-order valence-electron chi connectivity index (χ1n) is 14.9. The first-order chi connectivity index (χ1) is 19.3. The fourth-order valence-corrected chi connectivity index (χ4v) is 6.81. The van der Waals surface area contributed by atoms with Gasteiger partial charge in [0.2, 0.25) is 11.8 Å². The van der Waals surface area contributed by atoms with Gasteiger partial charge in [0.25, 0.3) is 0 Å². The van der Waals surface area contributed by atoms with Gasteiger partial charge in [-0.15, -0.1) is 0 Å². The van der Waals surface area contributed by atoms with Crippen LogP contribution in [0.25, 0.3) is 0 Å². The van der Waals surface area contributed by atoms with Gasteiger partial charge in [-0.2, -0.15) is 0 Å². The monoisotopic (exact) mass is 587 g/mol. The molecular formula is C33H44ClF2N3O2. The van der Waals surface area contributed by atoms with Crippen LogP contribution < -0.4 is 5.32 Å². The lowest BCUT2D eigenvalue weighted by Gasteiger charge is -2.46. The van der Waals surface area contributed by atoms with Crippen LogP contribution in [-0.2, 0) is 9.59 Å².